The highest BCUT2D eigenvalue weighted by molar-refractivity contribution is 7.89. The largest absolute Gasteiger partial charge is 0.307 e. The Bertz CT molecular complexity index is 663. The van der Waals surface area contributed by atoms with Crippen molar-refractivity contribution in [2.24, 2.45) is 0 Å². The summed E-state index contributed by atoms with van der Waals surface area (Å²) in [4.78, 5) is 4.55. The number of hydrogen-bond acceptors (Lipinski definition) is 5. The Balaban J connectivity index is 1.98. The summed E-state index contributed by atoms with van der Waals surface area (Å²) in [6, 6.07) is 7.05. The van der Waals surface area contributed by atoms with Gasteiger partial charge in [0.15, 0.2) is 0 Å². The molecule has 5 nitrogen and oxygen atoms in total. The van der Waals surface area contributed by atoms with E-state index in [0.717, 1.165) is 11.3 Å². The van der Waals surface area contributed by atoms with Crippen molar-refractivity contribution in [3.8, 4) is 0 Å². The second kappa shape index (κ2) is 7.82. The van der Waals surface area contributed by atoms with Crippen LogP contribution in [0.25, 0.3) is 0 Å². The summed E-state index contributed by atoms with van der Waals surface area (Å²) in [5, 5.41) is 5.30. The van der Waals surface area contributed by atoms with Gasteiger partial charge >= 0.3 is 0 Å². The standard InChI is InChI=1S/C15H21N3O2S2/c1-3-18(4-2)22(19,20)15-7-5-13(6-8-15)9-16-10-14-11-21-12-17-14/h5-8,11-12,16H,3-4,9-10H2,1-2H3. The number of aromatic nitrogens is 1. The van der Waals surface area contributed by atoms with Crippen LogP contribution in [0.4, 0.5) is 0 Å². The van der Waals surface area contributed by atoms with Crippen LogP contribution in [0.2, 0.25) is 0 Å². The zero-order valence-electron chi connectivity index (χ0n) is 12.8. The molecule has 7 heteroatoms. The van der Waals surface area contributed by atoms with Gasteiger partial charge in [0.05, 0.1) is 16.1 Å². The highest BCUT2D eigenvalue weighted by Gasteiger charge is 2.20. The third kappa shape index (κ3) is 4.13. The molecule has 120 valence electrons. The van der Waals surface area contributed by atoms with E-state index in [1.54, 1.807) is 23.5 Å². The first-order valence-corrected chi connectivity index (χ1v) is 9.63. The van der Waals surface area contributed by atoms with Crippen molar-refractivity contribution in [3.05, 3.63) is 46.4 Å². The Morgan fingerprint density at radius 2 is 1.82 bits per heavy atom. The molecule has 2 rings (SSSR count). The maximum atomic E-state index is 12.4. The van der Waals surface area contributed by atoms with E-state index in [9.17, 15) is 8.42 Å². The van der Waals surface area contributed by atoms with E-state index in [1.807, 2.05) is 36.9 Å². The highest BCUT2D eigenvalue weighted by atomic mass is 32.2. The molecular weight excluding hydrogens is 318 g/mol. The number of benzene rings is 1. The fourth-order valence-electron chi connectivity index (χ4n) is 2.15. The summed E-state index contributed by atoms with van der Waals surface area (Å²) < 4.78 is 26.2. The third-order valence-corrected chi connectivity index (χ3v) is 6.08. The van der Waals surface area contributed by atoms with Crippen LogP contribution in [-0.4, -0.2) is 30.8 Å². The second-order valence-corrected chi connectivity index (χ2v) is 7.47. The number of sulfonamides is 1. The Morgan fingerprint density at radius 3 is 2.36 bits per heavy atom. The molecule has 1 aromatic heterocycles. The normalized spacial score (nSPS) is 12.0. The van der Waals surface area contributed by atoms with Crippen molar-refractivity contribution in [3.63, 3.8) is 0 Å². The van der Waals surface area contributed by atoms with Gasteiger partial charge in [-0.25, -0.2) is 13.4 Å². The average Bonchev–Trinajstić information content (AvgIpc) is 3.02. The van der Waals surface area contributed by atoms with Crippen molar-refractivity contribution in [2.45, 2.75) is 31.8 Å². The minimum atomic E-state index is -3.37. The summed E-state index contributed by atoms with van der Waals surface area (Å²) in [5.74, 6) is 0. The first-order valence-electron chi connectivity index (χ1n) is 7.24. The Labute approximate surface area is 136 Å². The van der Waals surface area contributed by atoms with Gasteiger partial charge < -0.3 is 5.32 Å². The fourth-order valence-corrected chi connectivity index (χ4v) is 4.17. The van der Waals surface area contributed by atoms with Gasteiger partial charge in [-0.3, -0.25) is 0 Å². The molecule has 0 aliphatic carbocycles. The lowest BCUT2D eigenvalue weighted by atomic mass is 10.2. The number of nitrogens with one attached hydrogen (secondary N) is 1. The van der Waals surface area contributed by atoms with Gasteiger partial charge in [0.25, 0.3) is 0 Å². The second-order valence-electron chi connectivity index (χ2n) is 4.82. The number of hydrogen-bond donors (Lipinski definition) is 1. The fraction of sp³-hybridized carbons (Fsp3) is 0.400. The summed E-state index contributed by atoms with van der Waals surface area (Å²) in [6.45, 7) is 6.05. The van der Waals surface area contributed by atoms with Crippen LogP contribution in [0, 0.1) is 0 Å². The van der Waals surface area contributed by atoms with Gasteiger partial charge in [0.1, 0.15) is 0 Å². The van der Waals surface area contributed by atoms with Gasteiger partial charge in [0, 0.05) is 31.6 Å². The molecule has 0 atom stereocenters. The van der Waals surface area contributed by atoms with Crippen molar-refractivity contribution < 1.29 is 8.42 Å². The summed E-state index contributed by atoms with van der Waals surface area (Å²) in [5.41, 5.74) is 3.88. The maximum absolute atomic E-state index is 12.4. The van der Waals surface area contributed by atoms with Crippen LogP contribution in [0.1, 0.15) is 25.1 Å². The topological polar surface area (TPSA) is 62.3 Å². The molecule has 0 radical (unpaired) electrons. The van der Waals surface area contributed by atoms with E-state index in [-0.39, 0.29) is 0 Å². The zero-order chi connectivity index (χ0) is 16.0. The van der Waals surface area contributed by atoms with E-state index < -0.39 is 10.0 Å². The van der Waals surface area contributed by atoms with Crippen molar-refractivity contribution in [1.82, 2.24) is 14.6 Å². The first-order chi connectivity index (χ1) is 10.6. The summed E-state index contributed by atoms with van der Waals surface area (Å²) >= 11 is 1.57. The monoisotopic (exact) mass is 339 g/mol. The molecule has 0 spiro atoms. The maximum Gasteiger partial charge on any atom is 0.243 e. The minimum Gasteiger partial charge on any atom is -0.307 e. The van der Waals surface area contributed by atoms with E-state index in [4.69, 9.17) is 0 Å². The molecule has 1 N–H and O–H groups in total. The van der Waals surface area contributed by atoms with E-state index >= 15 is 0 Å². The lowest BCUT2D eigenvalue weighted by Gasteiger charge is -2.18. The first kappa shape index (κ1) is 17.1. The Morgan fingerprint density at radius 1 is 1.14 bits per heavy atom. The van der Waals surface area contributed by atoms with Gasteiger partial charge in [-0.05, 0) is 17.7 Å². The molecule has 0 bridgehead atoms. The van der Waals surface area contributed by atoms with E-state index in [2.05, 4.69) is 10.3 Å². The molecule has 2 aromatic rings. The van der Waals surface area contributed by atoms with E-state index in [0.29, 0.717) is 31.1 Å². The quantitative estimate of drug-likeness (QED) is 0.802. The molecule has 1 aromatic carbocycles. The Kier molecular flexibility index (Phi) is 6.07. The summed E-state index contributed by atoms with van der Waals surface area (Å²) in [6.07, 6.45) is 0. The van der Waals surface area contributed by atoms with Crippen LogP contribution in [0.15, 0.2) is 40.1 Å². The van der Waals surface area contributed by atoms with Crippen molar-refractivity contribution >= 4 is 21.4 Å². The van der Waals surface area contributed by atoms with Crippen LogP contribution in [-0.2, 0) is 23.1 Å². The molecular formula is C15H21N3O2S2. The van der Waals surface area contributed by atoms with E-state index in [1.165, 1.54) is 4.31 Å². The molecule has 0 fully saturated rings. The van der Waals surface area contributed by atoms with Gasteiger partial charge in [-0.1, -0.05) is 26.0 Å². The van der Waals surface area contributed by atoms with Crippen LogP contribution < -0.4 is 5.32 Å². The van der Waals surface area contributed by atoms with Crippen molar-refractivity contribution in [1.29, 1.82) is 0 Å². The lowest BCUT2D eigenvalue weighted by Crippen LogP contribution is -2.30. The third-order valence-electron chi connectivity index (χ3n) is 3.39. The van der Waals surface area contributed by atoms with Gasteiger partial charge in [-0.2, -0.15) is 4.31 Å². The molecule has 0 aliphatic rings. The van der Waals surface area contributed by atoms with Crippen LogP contribution in [0.3, 0.4) is 0 Å². The van der Waals surface area contributed by atoms with Gasteiger partial charge in [0.2, 0.25) is 10.0 Å². The van der Waals surface area contributed by atoms with Crippen LogP contribution in [0.5, 0.6) is 0 Å². The Hall–Kier alpha value is -1.28. The average molecular weight is 339 g/mol. The van der Waals surface area contributed by atoms with Gasteiger partial charge in [-0.15, -0.1) is 11.3 Å². The highest BCUT2D eigenvalue weighted by Crippen LogP contribution is 2.16. The molecule has 0 unspecified atom stereocenters. The number of rotatable bonds is 8. The molecule has 0 amide bonds. The summed E-state index contributed by atoms with van der Waals surface area (Å²) in [7, 11) is -3.37. The zero-order valence-corrected chi connectivity index (χ0v) is 14.5. The predicted molar refractivity (Wildman–Crippen MR) is 89.2 cm³/mol. The minimum absolute atomic E-state index is 0.347. The molecule has 0 saturated carbocycles. The molecule has 0 saturated heterocycles. The SMILES string of the molecule is CCN(CC)S(=O)(=O)c1ccc(CNCc2cscn2)cc1. The van der Waals surface area contributed by atoms with Crippen LogP contribution >= 0.6 is 11.3 Å². The molecule has 22 heavy (non-hydrogen) atoms. The molecule has 0 aliphatic heterocycles. The van der Waals surface area contributed by atoms with Crippen molar-refractivity contribution in [2.75, 3.05) is 13.1 Å². The predicted octanol–water partition coefficient (Wildman–Crippen LogP) is 2.46. The smallest absolute Gasteiger partial charge is 0.243 e. The lowest BCUT2D eigenvalue weighted by molar-refractivity contribution is 0.445. The number of nitrogens with zero attached hydrogens (tertiary/aromatic N) is 2. The number of thiazole rings is 1. The molecule has 1 heterocycles.